The Morgan fingerprint density at radius 3 is 1.86 bits per heavy atom. The zero-order valence-corrected chi connectivity index (χ0v) is 13.9. The second-order valence-electron chi connectivity index (χ2n) is 4.53. The fourth-order valence-corrected chi connectivity index (χ4v) is 2.09. The van der Waals surface area contributed by atoms with Crippen LogP contribution in [0, 0.1) is 0 Å². The molecule has 0 saturated heterocycles. The average Bonchev–Trinajstić information content (AvgIpc) is 2.49. The van der Waals surface area contributed by atoms with Crippen molar-refractivity contribution in [2.45, 2.75) is 46.1 Å². The van der Waals surface area contributed by atoms with Crippen molar-refractivity contribution in [3.8, 4) is 0 Å². The van der Waals surface area contributed by atoms with Gasteiger partial charge in [-0.05, 0) is 18.4 Å². The Balaban J connectivity index is 0.000000423. The Hall–Kier alpha value is -0.710. The van der Waals surface area contributed by atoms with E-state index in [0.717, 1.165) is 25.7 Å². The van der Waals surface area contributed by atoms with E-state index in [2.05, 4.69) is 0 Å². The molecule has 0 fully saturated rings. The third-order valence-corrected chi connectivity index (χ3v) is 3.60. The maximum absolute atomic E-state index is 11.1. The third-order valence-electron chi connectivity index (χ3n) is 2.58. The van der Waals surface area contributed by atoms with E-state index in [1.165, 1.54) is 5.56 Å². The van der Waals surface area contributed by atoms with Crippen LogP contribution in [0.1, 0.15) is 45.1 Å². The molecule has 122 valence electrons. The fourth-order valence-electron chi connectivity index (χ4n) is 1.30. The SMILES string of the molecule is CCCCOP(=O)(O)OCCCC.NCc1ccccc1. The van der Waals surface area contributed by atoms with Crippen molar-refractivity contribution in [1.29, 1.82) is 0 Å². The molecular formula is C15H28NO4P. The van der Waals surface area contributed by atoms with Crippen molar-refractivity contribution in [3.05, 3.63) is 35.9 Å². The number of phosphoric ester groups is 1. The number of unbranched alkanes of at least 4 members (excludes halogenated alkanes) is 2. The fraction of sp³-hybridized carbons (Fsp3) is 0.600. The number of hydrogen-bond donors (Lipinski definition) is 2. The Bertz CT molecular complexity index is 373. The van der Waals surface area contributed by atoms with Crippen LogP contribution in [0.3, 0.4) is 0 Å². The predicted octanol–water partition coefficient (Wildman–Crippen LogP) is 3.87. The summed E-state index contributed by atoms with van der Waals surface area (Å²) >= 11 is 0. The molecule has 0 unspecified atom stereocenters. The molecule has 0 aromatic heterocycles. The predicted molar refractivity (Wildman–Crippen MR) is 85.9 cm³/mol. The van der Waals surface area contributed by atoms with E-state index in [-0.39, 0.29) is 13.2 Å². The van der Waals surface area contributed by atoms with Gasteiger partial charge in [0, 0.05) is 6.54 Å². The van der Waals surface area contributed by atoms with Gasteiger partial charge in [-0.3, -0.25) is 9.05 Å². The molecule has 0 spiro atoms. The maximum atomic E-state index is 11.1. The highest BCUT2D eigenvalue weighted by atomic mass is 31.2. The van der Waals surface area contributed by atoms with E-state index in [1.54, 1.807) is 0 Å². The summed E-state index contributed by atoms with van der Waals surface area (Å²) in [5.41, 5.74) is 6.54. The van der Waals surface area contributed by atoms with Crippen LogP contribution in [-0.2, 0) is 20.2 Å². The molecule has 0 saturated carbocycles. The molecule has 0 aliphatic carbocycles. The van der Waals surface area contributed by atoms with Crippen LogP contribution in [0.4, 0.5) is 0 Å². The smallest absolute Gasteiger partial charge is 0.326 e. The van der Waals surface area contributed by atoms with Gasteiger partial charge in [-0.1, -0.05) is 57.0 Å². The maximum Gasteiger partial charge on any atom is 0.472 e. The van der Waals surface area contributed by atoms with Crippen LogP contribution in [0.15, 0.2) is 30.3 Å². The Morgan fingerprint density at radius 2 is 1.52 bits per heavy atom. The van der Waals surface area contributed by atoms with Crippen molar-refractivity contribution in [2.24, 2.45) is 5.73 Å². The zero-order valence-electron chi connectivity index (χ0n) is 13.0. The molecule has 0 bridgehead atoms. The minimum absolute atomic E-state index is 0.288. The minimum Gasteiger partial charge on any atom is -0.326 e. The molecule has 1 rings (SSSR count). The van der Waals surface area contributed by atoms with Gasteiger partial charge in [-0.2, -0.15) is 0 Å². The van der Waals surface area contributed by atoms with Crippen molar-refractivity contribution in [3.63, 3.8) is 0 Å². The van der Waals surface area contributed by atoms with E-state index in [1.807, 2.05) is 44.2 Å². The van der Waals surface area contributed by atoms with Gasteiger partial charge in [0.05, 0.1) is 13.2 Å². The molecule has 0 atom stereocenters. The van der Waals surface area contributed by atoms with Gasteiger partial charge in [0.2, 0.25) is 0 Å². The quantitative estimate of drug-likeness (QED) is 0.534. The number of nitrogens with two attached hydrogens (primary N) is 1. The zero-order chi connectivity index (χ0) is 16.0. The van der Waals surface area contributed by atoms with Gasteiger partial charge in [-0.25, -0.2) is 4.57 Å². The lowest BCUT2D eigenvalue weighted by atomic mass is 10.2. The topological polar surface area (TPSA) is 81.8 Å². The summed E-state index contributed by atoms with van der Waals surface area (Å²) in [7, 11) is -3.75. The Labute approximate surface area is 128 Å². The first-order chi connectivity index (χ1) is 10.1. The van der Waals surface area contributed by atoms with Crippen LogP contribution in [0.25, 0.3) is 0 Å². The van der Waals surface area contributed by atoms with Gasteiger partial charge < -0.3 is 10.6 Å². The first-order valence-corrected chi connectivity index (χ1v) is 8.91. The molecule has 1 aromatic rings. The molecule has 3 N–H and O–H groups in total. The average molecular weight is 317 g/mol. The minimum atomic E-state index is -3.75. The molecular weight excluding hydrogens is 289 g/mol. The van der Waals surface area contributed by atoms with Gasteiger partial charge in [0.1, 0.15) is 0 Å². The van der Waals surface area contributed by atoms with Crippen molar-refractivity contribution in [2.75, 3.05) is 13.2 Å². The van der Waals surface area contributed by atoms with E-state index < -0.39 is 7.82 Å². The van der Waals surface area contributed by atoms with Crippen molar-refractivity contribution < 1.29 is 18.5 Å². The molecule has 0 radical (unpaired) electrons. The summed E-state index contributed by atoms with van der Waals surface area (Å²) in [6.45, 7) is 5.20. The first-order valence-electron chi connectivity index (χ1n) is 7.41. The van der Waals surface area contributed by atoms with Gasteiger partial charge in [-0.15, -0.1) is 0 Å². The second kappa shape index (κ2) is 13.0. The first kappa shape index (κ1) is 20.3. The van der Waals surface area contributed by atoms with Crippen LogP contribution >= 0.6 is 7.82 Å². The molecule has 21 heavy (non-hydrogen) atoms. The van der Waals surface area contributed by atoms with Crippen molar-refractivity contribution >= 4 is 7.82 Å². The van der Waals surface area contributed by atoms with Gasteiger partial charge >= 0.3 is 7.82 Å². The van der Waals surface area contributed by atoms with E-state index in [4.69, 9.17) is 19.7 Å². The Kier molecular flexibility index (Phi) is 12.5. The largest absolute Gasteiger partial charge is 0.472 e. The summed E-state index contributed by atoms with van der Waals surface area (Å²) in [6.07, 6.45) is 3.44. The summed E-state index contributed by atoms with van der Waals surface area (Å²) in [5.74, 6) is 0. The molecule has 5 nitrogen and oxygen atoms in total. The highest BCUT2D eigenvalue weighted by Crippen LogP contribution is 2.43. The van der Waals surface area contributed by atoms with Crippen LogP contribution in [0.2, 0.25) is 0 Å². The molecule has 0 aliphatic heterocycles. The van der Waals surface area contributed by atoms with Crippen LogP contribution in [-0.4, -0.2) is 18.1 Å². The highest BCUT2D eigenvalue weighted by molar-refractivity contribution is 7.47. The van der Waals surface area contributed by atoms with Gasteiger partial charge in [0.15, 0.2) is 0 Å². The molecule has 0 heterocycles. The summed E-state index contributed by atoms with van der Waals surface area (Å²) < 4.78 is 20.5. The van der Waals surface area contributed by atoms with E-state index in [0.29, 0.717) is 6.54 Å². The highest BCUT2D eigenvalue weighted by Gasteiger charge is 2.19. The second-order valence-corrected chi connectivity index (χ2v) is 5.99. The van der Waals surface area contributed by atoms with Crippen LogP contribution in [0.5, 0.6) is 0 Å². The third kappa shape index (κ3) is 12.7. The molecule has 6 heteroatoms. The van der Waals surface area contributed by atoms with Crippen LogP contribution < -0.4 is 5.73 Å². The molecule has 1 aromatic carbocycles. The lowest BCUT2D eigenvalue weighted by Crippen LogP contribution is -1.98. The number of benzene rings is 1. The van der Waals surface area contributed by atoms with Crippen molar-refractivity contribution in [1.82, 2.24) is 0 Å². The summed E-state index contributed by atoms with van der Waals surface area (Å²) in [5, 5.41) is 0. The lowest BCUT2D eigenvalue weighted by Gasteiger charge is -2.10. The lowest BCUT2D eigenvalue weighted by molar-refractivity contribution is 0.146. The summed E-state index contributed by atoms with van der Waals surface area (Å²) in [4.78, 5) is 9.08. The van der Waals surface area contributed by atoms with Gasteiger partial charge in [0.25, 0.3) is 0 Å². The normalized spacial score (nSPS) is 10.9. The summed E-state index contributed by atoms with van der Waals surface area (Å²) in [6, 6.07) is 9.99. The Morgan fingerprint density at radius 1 is 1.05 bits per heavy atom. The molecule has 0 aliphatic rings. The number of rotatable bonds is 9. The van der Waals surface area contributed by atoms with E-state index in [9.17, 15) is 4.57 Å². The standard InChI is InChI=1S/C8H19O4P.C7H9N/c1-3-5-7-11-13(9,10)12-8-6-4-2;8-6-7-4-2-1-3-5-7/h3-8H2,1-2H3,(H,9,10);1-5H,6,8H2. The number of phosphoric acid groups is 1. The van der Waals surface area contributed by atoms with E-state index >= 15 is 0 Å². The monoisotopic (exact) mass is 317 g/mol. The molecule has 0 amide bonds. The number of hydrogen-bond acceptors (Lipinski definition) is 4.